The highest BCUT2D eigenvalue weighted by atomic mass is 35.5. The molecule has 0 aliphatic heterocycles. The molecule has 1 aromatic heterocycles. The minimum Gasteiger partial charge on any atom is -0.320 e. The van der Waals surface area contributed by atoms with Crippen LogP contribution in [-0.2, 0) is 10.3 Å². The van der Waals surface area contributed by atoms with Crippen LogP contribution >= 0.6 is 34.5 Å². The Kier molecular flexibility index (Phi) is 5.05. The van der Waals surface area contributed by atoms with Gasteiger partial charge in [-0.1, -0.05) is 29.3 Å². The van der Waals surface area contributed by atoms with Gasteiger partial charge in [-0.25, -0.2) is 4.55 Å². The van der Waals surface area contributed by atoms with E-state index in [4.69, 9.17) is 23.2 Å². The number of carbonyl (C=O) groups is 1. The lowest BCUT2D eigenvalue weighted by Gasteiger charge is -2.23. The van der Waals surface area contributed by atoms with Gasteiger partial charge in [0.1, 0.15) is 0 Å². The van der Waals surface area contributed by atoms with Crippen molar-refractivity contribution in [2.75, 3.05) is 19.4 Å². The van der Waals surface area contributed by atoms with Crippen molar-refractivity contribution in [1.29, 1.82) is 0 Å². The molecule has 2 aromatic rings. The first-order valence-corrected chi connectivity index (χ1v) is 9.24. The average molecular weight is 396 g/mol. The van der Waals surface area contributed by atoms with E-state index in [1.165, 1.54) is 20.2 Å². The number of quaternary nitrogens is 1. The molecule has 1 amide bonds. The summed E-state index contributed by atoms with van der Waals surface area (Å²) in [5.41, 5.74) is 0.453. The van der Waals surface area contributed by atoms with Crippen LogP contribution in [0.3, 0.4) is 0 Å². The van der Waals surface area contributed by atoms with E-state index in [-0.39, 0.29) is 20.6 Å². The number of anilines is 1. The van der Waals surface area contributed by atoms with E-state index >= 15 is 0 Å². The number of benzene rings is 1. The molecule has 0 fully saturated rings. The third kappa shape index (κ3) is 3.52. The van der Waals surface area contributed by atoms with Crippen molar-refractivity contribution in [3.63, 3.8) is 0 Å². The number of thiophene rings is 1. The lowest BCUT2D eigenvalue weighted by atomic mass is 10.3. The molecule has 124 valence electrons. The summed E-state index contributed by atoms with van der Waals surface area (Å²) in [7, 11) is -1.92. The molecule has 0 aliphatic carbocycles. The Balaban J connectivity index is 2.40. The van der Waals surface area contributed by atoms with Gasteiger partial charge in [0, 0.05) is 6.07 Å². The summed E-state index contributed by atoms with van der Waals surface area (Å²) in [5, 5.41) is 4.62. The van der Waals surface area contributed by atoms with Crippen molar-refractivity contribution in [3.8, 4) is 0 Å². The van der Waals surface area contributed by atoms with Gasteiger partial charge in [0.25, 0.3) is 5.91 Å². The molecule has 0 aliphatic rings. The highest BCUT2D eigenvalue weighted by molar-refractivity contribution is 7.85. The van der Waals surface area contributed by atoms with Crippen LogP contribution in [0.15, 0.2) is 29.6 Å². The smallest absolute Gasteiger partial charge is 0.320 e. The van der Waals surface area contributed by atoms with Crippen LogP contribution in [0.5, 0.6) is 0 Å². The number of nitrogens with one attached hydrogen (secondary N) is 1. The topological polar surface area (TPSA) is 83.5 Å². The predicted octanol–water partition coefficient (Wildman–Crippen LogP) is 3.68. The summed E-state index contributed by atoms with van der Waals surface area (Å²) in [6, 6.07) is 6.24. The zero-order valence-electron chi connectivity index (χ0n) is 12.1. The molecular weight excluding hydrogens is 383 g/mol. The van der Waals surface area contributed by atoms with Crippen molar-refractivity contribution in [3.05, 3.63) is 44.6 Å². The fourth-order valence-electron chi connectivity index (χ4n) is 1.80. The van der Waals surface area contributed by atoms with Crippen molar-refractivity contribution in [2.45, 2.75) is 0 Å². The Morgan fingerprint density at radius 2 is 1.91 bits per heavy atom. The van der Waals surface area contributed by atoms with Crippen molar-refractivity contribution < 1.29 is 17.8 Å². The van der Waals surface area contributed by atoms with Gasteiger partial charge in [0.15, 0.2) is 10.6 Å². The van der Waals surface area contributed by atoms with Crippen molar-refractivity contribution in [2.24, 2.45) is 0 Å². The molecule has 10 heteroatoms. The van der Waals surface area contributed by atoms with Gasteiger partial charge in [-0.15, -0.1) is 19.8 Å². The zero-order valence-corrected chi connectivity index (χ0v) is 15.2. The van der Waals surface area contributed by atoms with E-state index in [2.05, 4.69) is 5.32 Å². The summed E-state index contributed by atoms with van der Waals surface area (Å²) in [4.78, 5) is 12.6. The highest BCUT2D eigenvalue weighted by Crippen LogP contribution is 2.34. The maximum Gasteiger partial charge on any atom is 0.437 e. The van der Waals surface area contributed by atoms with Crippen LogP contribution in [0, 0.1) is 0 Å². The van der Waals surface area contributed by atoms with E-state index in [1.54, 1.807) is 23.6 Å². The minimum atomic E-state index is -4.45. The first-order chi connectivity index (χ1) is 10.6. The molecular formula is C13H13Cl2N2O4S2+. The molecule has 2 rings (SSSR count). The minimum absolute atomic E-state index is 0.142. The van der Waals surface area contributed by atoms with Gasteiger partial charge in [-0.05, 0) is 17.5 Å². The van der Waals surface area contributed by atoms with Gasteiger partial charge in [0.2, 0.25) is 0 Å². The van der Waals surface area contributed by atoms with E-state index < -0.39 is 20.1 Å². The largest absolute Gasteiger partial charge is 0.437 e. The second-order valence-corrected chi connectivity index (χ2v) is 8.50. The monoisotopic (exact) mass is 395 g/mol. The van der Waals surface area contributed by atoms with Crippen LogP contribution in [0.2, 0.25) is 10.0 Å². The molecule has 1 heterocycles. The van der Waals surface area contributed by atoms with E-state index in [0.717, 1.165) is 11.3 Å². The van der Waals surface area contributed by atoms with Gasteiger partial charge < -0.3 is 5.32 Å². The van der Waals surface area contributed by atoms with Gasteiger partial charge in [-0.3, -0.25) is 4.79 Å². The normalized spacial score (nSPS) is 12.2. The molecule has 6 nitrogen and oxygen atoms in total. The van der Waals surface area contributed by atoms with Gasteiger partial charge >= 0.3 is 10.3 Å². The molecule has 0 spiro atoms. The Labute approximate surface area is 147 Å². The number of hydrogen-bond donors (Lipinski definition) is 2. The standard InChI is InChI=1S/C13H12Cl2N2O4S2/c1-17(2,23(19,20)21)10-6-7-22-12(10)13(18)16-9-5-3-4-8(14)11(9)15/h3-7H,1-2H3,(H-,16,18,19,20,21)/p+1. The van der Waals surface area contributed by atoms with E-state index in [9.17, 15) is 17.8 Å². The first kappa shape index (κ1) is 18.2. The second-order valence-electron chi connectivity index (χ2n) is 4.99. The molecule has 0 atom stereocenters. The maximum atomic E-state index is 12.4. The zero-order chi connectivity index (χ0) is 17.4. The molecule has 0 saturated heterocycles. The number of halogens is 2. The van der Waals surface area contributed by atoms with Crippen LogP contribution in [0.4, 0.5) is 11.4 Å². The molecule has 2 N–H and O–H groups in total. The Morgan fingerprint density at radius 1 is 1.26 bits per heavy atom. The van der Waals surface area contributed by atoms with E-state index in [0.29, 0.717) is 5.69 Å². The molecule has 0 bridgehead atoms. The summed E-state index contributed by atoms with van der Waals surface area (Å²) in [6.07, 6.45) is 0. The summed E-state index contributed by atoms with van der Waals surface area (Å²) in [6.45, 7) is 0. The predicted molar refractivity (Wildman–Crippen MR) is 93.9 cm³/mol. The van der Waals surface area contributed by atoms with Crippen molar-refractivity contribution in [1.82, 2.24) is 3.89 Å². The molecule has 1 aromatic carbocycles. The fraction of sp³-hybridized carbons (Fsp3) is 0.154. The SMILES string of the molecule is C[N+](C)(c1ccsc1C(=O)Nc1cccc(Cl)c1Cl)S(=O)(=O)O. The fourth-order valence-corrected chi connectivity index (χ4v) is 3.51. The maximum absolute atomic E-state index is 12.4. The van der Waals surface area contributed by atoms with Crippen LogP contribution < -0.4 is 9.21 Å². The number of rotatable bonds is 4. The summed E-state index contributed by atoms with van der Waals surface area (Å²) in [5.74, 6) is -0.547. The van der Waals surface area contributed by atoms with E-state index in [1.807, 2.05) is 0 Å². The Morgan fingerprint density at radius 3 is 2.52 bits per heavy atom. The lowest BCUT2D eigenvalue weighted by molar-refractivity contribution is 0.103. The number of carbonyl (C=O) groups excluding carboxylic acids is 1. The molecule has 0 radical (unpaired) electrons. The summed E-state index contributed by atoms with van der Waals surface area (Å²) >= 11 is 13.0. The van der Waals surface area contributed by atoms with Crippen LogP contribution in [-0.4, -0.2) is 33.0 Å². The number of nitrogens with zero attached hydrogens (tertiary/aromatic N) is 1. The van der Waals surface area contributed by atoms with Crippen LogP contribution in [0.1, 0.15) is 9.67 Å². The van der Waals surface area contributed by atoms with Crippen molar-refractivity contribution >= 4 is 62.1 Å². The molecule has 0 unspecified atom stereocenters. The first-order valence-electron chi connectivity index (χ1n) is 6.20. The third-order valence-corrected chi connectivity index (χ3v) is 6.28. The Bertz CT molecular complexity index is 863. The molecule has 23 heavy (non-hydrogen) atoms. The summed E-state index contributed by atoms with van der Waals surface area (Å²) < 4.78 is 31.6. The highest BCUT2D eigenvalue weighted by Gasteiger charge is 2.38. The quantitative estimate of drug-likeness (QED) is 0.610. The van der Waals surface area contributed by atoms with Gasteiger partial charge in [-0.2, -0.15) is 3.89 Å². The van der Waals surface area contributed by atoms with Gasteiger partial charge in [0.05, 0.1) is 29.8 Å². The number of amides is 1. The third-order valence-electron chi connectivity index (χ3n) is 3.21. The van der Waals surface area contributed by atoms with Crippen LogP contribution in [0.25, 0.3) is 0 Å². The molecule has 0 saturated carbocycles. The Hall–Kier alpha value is -1.16. The number of hydrogen-bond acceptors (Lipinski definition) is 4. The average Bonchev–Trinajstić information content (AvgIpc) is 2.92. The lowest BCUT2D eigenvalue weighted by Crippen LogP contribution is -2.46. The second kappa shape index (κ2) is 6.39.